The van der Waals surface area contributed by atoms with Crippen LogP contribution >= 0.6 is 0 Å². The zero-order valence-electron chi connectivity index (χ0n) is 22.7. The molecule has 0 unspecified atom stereocenters. The fraction of sp³-hybridized carbons (Fsp3) is 0.588. The van der Waals surface area contributed by atoms with E-state index in [0.717, 1.165) is 0 Å². The van der Waals surface area contributed by atoms with Crippen LogP contribution in [0.25, 0.3) is 10.8 Å². The molecule has 3 aliphatic carbocycles. The van der Waals surface area contributed by atoms with Gasteiger partial charge in [0.15, 0.2) is 0 Å². The summed E-state index contributed by atoms with van der Waals surface area (Å²) in [6.07, 6.45) is 15.3. The van der Waals surface area contributed by atoms with E-state index in [1.807, 2.05) is 0 Å². The van der Waals surface area contributed by atoms with Crippen LogP contribution in [0, 0.1) is 11.3 Å². The molecule has 37 heavy (non-hydrogen) atoms. The number of benzene rings is 2. The molecule has 0 N–H and O–H groups in total. The molecular weight excluding hydrogens is 452 g/mol. The van der Waals surface area contributed by atoms with E-state index in [-0.39, 0.29) is 16.6 Å². The molecule has 6 aliphatic rings. The van der Waals surface area contributed by atoms with E-state index in [2.05, 4.69) is 78.4 Å². The van der Waals surface area contributed by atoms with Crippen molar-refractivity contribution in [2.24, 2.45) is 11.3 Å². The van der Waals surface area contributed by atoms with Crippen molar-refractivity contribution in [2.75, 3.05) is 33.2 Å². The summed E-state index contributed by atoms with van der Waals surface area (Å²) in [6, 6.07) is 16.8. The zero-order valence-corrected chi connectivity index (χ0v) is 22.7. The lowest BCUT2D eigenvalue weighted by atomic mass is 9.58. The molecule has 3 aliphatic heterocycles. The van der Waals surface area contributed by atoms with Crippen LogP contribution in [0.2, 0.25) is 0 Å². The minimum Gasteiger partial charge on any atom is -0.359 e. The molecule has 3 heteroatoms. The van der Waals surface area contributed by atoms with E-state index in [9.17, 15) is 0 Å². The van der Waals surface area contributed by atoms with Gasteiger partial charge in [0.05, 0.1) is 11.2 Å². The number of nitrogens with zero attached hydrogens (tertiary/aromatic N) is 2. The van der Waals surface area contributed by atoms with Gasteiger partial charge in [-0.2, -0.15) is 0 Å². The summed E-state index contributed by atoms with van der Waals surface area (Å²) in [6.45, 7) is 7.47. The van der Waals surface area contributed by atoms with Crippen molar-refractivity contribution in [1.82, 2.24) is 9.80 Å². The average molecular weight is 495 g/mol. The second-order valence-electron chi connectivity index (χ2n) is 13.5. The normalized spacial score (nSPS) is 41.6. The maximum atomic E-state index is 7.58. The van der Waals surface area contributed by atoms with Crippen molar-refractivity contribution in [1.29, 1.82) is 0 Å². The molecule has 2 spiro atoms. The first-order chi connectivity index (χ1) is 18.0. The number of ether oxygens (including phenoxy) is 1. The van der Waals surface area contributed by atoms with Crippen LogP contribution in [0.3, 0.4) is 0 Å². The summed E-state index contributed by atoms with van der Waals surface area (Å²) in [4.78, 5) is 5.28. The number of hydrogen-bond donors (Lipinski definition) is 0. The van der Waals surface area contributed by atoms with Gasteiger partial charge in [-0.1, -0.05) is 61.5 Å². The van der Waals surface area contributed by atoms with Crippen molar-refractivity contribution in [2.45, 2.75) is 81.5 Å². The summed E-state index contributed by atoms with van der Waals surface area (Å²) in [5.41, 5.74) is 4.95. The first kappa shape index (κ1) is 23.0. The molecule has 0 amide bonds. The van der Waals surface area contributed by atoms with Gasteiger partial charge >= 0.3 is 0 Å². The number of fused-ring (bicyclic) bond motifs is 2. The fourth-order valence-corrected chi connectivity index (χ4v) is 9.85. The van der Waals surface area contributed by atoms with Gasteiger partial charge in [-0.25, -0.2) is 0 Å². The van der Waals surface area contributed by atoms with E-state index in [4.69, 9.17) is 4.74 Å². The summed E-state index contributed by atoms with van der Waals surface area (Å²) < 4.78 is 7.58. The van der Waals surface area contributed by atoms with Gasteiger partial charge in [-0.15, -0.1) is 0 Å². The van der Waals surface area contributed by atoms with Gasteiger partial charge in [0, 0.05) is 32.2 Å². The maximum absolute atomic E-state index is 7.58. The number of likely N-dealkylation sites (N-methyl/N-ethyl adjacent to an activating group) is 1. The van der Waals surface area contributed by atoms with E-state index in [1.54, 1.807) is 16.7 Å². The molecule has 3 heterocycles. The van der Waals surface area contributed by atoms with E-state index >= 15 is 0 Å². The summed E-state index contributed by atoms with van der Waals surface area (Å²) >= 11 is 0. The van der Waals surface area contributed by atoms with Gasteiger partial charge in [-0.05, 0) is 103 Å². The average Bonchev–Trinajstić information content (AvgIpc) is 3.43. The monoisotopic (exact) mass is 494 g/mol. The Morgan fingerprint density at radius 3 is 2.62 bits per heavy atom. The highest BCUT2D eigenvalue weighted by molar-refractivity contribution is 5.83. The fourth-order valence-electron chi connectivity index (χ4n) is 9.85. The van der Waals surface area contributed by atoms with Crippen LogP contribution in [0.15, 0.2) is 65.8 Å². The minimum absolute atomic E-state index is 0.00287. The van der Waals surface area contributed by atoms with Crippen LogP contribution < -0.4 is 0 Å². The third-order valence-corrected chi connectivity index (χ3v) is 11.9. The highest BCUT2D eigenvalue weighted by atomic mass is 16.5. The second-order valence-corrected chi connectivity index (χ2v) is 13.5. The van der Waals surface area contributed by atoms with Crippen LogP contribution in [0.5, 0.6) is 0 Å². The summed E-state index contributed by atoms with van der Waals surface area (Å²) in [7, 11) is 2.27. The lowest BCUT2D eigenvalue weighted by molar-refractivity contribution is -0.141. The van der Waals surface area contributed by atoms with Crippen molar-refractivity contribution < 1.29 is 4.74 Å². The molecule has 3 nitrogen and oxygen atoms in total. The van der Waals surface area contributed by atoms with Gasteiger partial charge in [0.25, 0.3) is 0 Å². The highest BCUT2D eigenvalue weighted by Crippen LogP contribution is 2.69. The lowest BCUT2D eigenvalue weighted by Gasteiger charge is -2.55. The van der Waals surface area contributed by atoms with Crippen molar-refractivity contribution in [3.05, 3.63) is 71.3 Å². The molecule has 4 fully saturated rings. The van der Waals surface area contributed by atoms with Crippen molar-refractivity contribution >= 4 is 10.8 Å². The van der Waals surface area contributed by atoms with E-state index in [1.165, 1.54) is 88.3 Å². The van der Waals surface area contributed by atoms with Crippen molar-refractivity contribution in [3.63, 3.8) is 0 Å². The standard InChI is InChI=1S/C34H42N2O/c1-32-14-13-28-22-27-9-10-29(36-19-17-35(2)18-20-36)23-33(27)15-16-34(28,37-33)31(32)12-11-30(32)26-8-7-24-5-3-4-6-25(24)21-26/h3-8,13,21-22,29-31H,9-12,14-20,23H2,1-2H3/t29-,30-,31-,32-,33-,34-/m1/s1. The van der Waals surface area contributed by atoms with E-state index < -0.39 is 0 Å². The second kappa shape index (κ2) is 8.04. The molecule has 2 bridgehead atoms. The predicted octanol–water partition coefficient (Wildman–Crippen LogP) is 6.70. The molecule has 2 saturated carbocycles. The molecule has 2 aromatic carbocycles. The third kappa shape index (κ3) is 3.23. The zero-order chi connectivity index (χ0) is 24.8. The topological polar surface area (TPSA) is 15.7 Å². The molecule has 0 aromatic heterocycles. The Balaban J connectivity index is 1.12. The van der Waals surface area contributed by atoms with Crippen LogP contribution in [0.1, 0.15) is 69.8 Å². The van der Waals surface area contributed by atoms with Crippen molar-refractivity contribution in [3.8, 4) is 0 Å². The molecule has 2 saturated heterocycles. The lowest BCUT2D eigenvalue weighted by Crippen LogP contribution is -2.57. The number of allylic oxidation sites excluding steroid dienone is 1. The molecule has 194 valence electrons. The largest absolute Gasteiger partial charge is 0.359 e. The summed E-state index contributed by atoms with van der Waals surface area (Å²) in [5, 5.41) is 2.74. The van der Waals surface area contributed by atoms with Crippen LogP contribution in [-0.4, -0.2) is 60.3 Å². The van der Waals surface area contributed by atoms with Gasteiger partial charge in [0.1, 0.15) is 0 Å². The van der Waals surface area contributed by atoms with Crippen LogP contribution in [-0.2, 0) is 4.74 Å². The Morgan fingerprint density at radius 2 is 1.76 bits per heavy atom. The molecular formula is C34H42N2O. The number of hydrogen-bond acceptors (Lipinski definition) is 3. The quantitative estimate of drug-likeness (QED) is 0.462. The molecule has 2 aromatic rings. The smallest absolute Gasteiger partial charge is 0.0974 e. The number of piperazine rings is 1. The molecule has 6 atom stereocenters. The maximum Gasteiger partial charge on any atom is 0.0974 e. The Bertz CT molecular complexity index is 1300. The molecule has 8 rings (SSSR count). The van der Waals surface area contributed by atoms with Gasteiger partial charge in [0.2, 0.25) is 0 Å². The number of rotatable bonds is 2. The Labute approximate surface area is 222 Å². The van der Waals surface area contributed by atoms with Crippen LogP contribution in [0.4, 0.5) is 0 Å². The Hall–Kier alpha value is -1.94. The van der Waals surface area contributed by atoms with E-state index in [0.29, 0.717) is 17.9 Å². The first-order valence-electron chi connectivity index (χ1n) is 15.0. The Kier molecular flexibility index (Phi) is 4.99. The SMILES string of the molecule is CN1CCN([C@@H]2CCC3=CC4=CC[C@]5(C)[C@@H](c6ccc7ccccc7c6)CC[C@H]5[C@@]45CC[C@]3(C2)O5)CC1. The predicted molar refractivity (Wildman–Crippen MR) is 151 cm³/mol. The minimum atomic E-state index is -0.0495. The Morgan fingerprint density at radius 1 is 0.919 bits per heavy atom. The third-order valence-electron chi connectivity index (χ3n) is 11.9. The summed E-state index contributed by atoms with van der Waals surface area (Å²) in [5.74, 6) is 1.24. The van der Waals surface area contributed by atoms with Gasteiger partial charge < -0.3 is 9.64 Å². The van der Waals surface area contributed by atoms with Gasteiger partial charge in [-0.3, -0.25) is 4.90 Å². The highest BCUT2D eigenvalue weighted by Gasteiger charge is 2.66. The first-order valence-corrected chi connectivity index (χ1v) is 15.0. The molecule has 0 radical (unpaired) electrons.